The molecular weight excluding hydrogens is 232 g/mol. The maximum atomic E-state index is 4.39. The van der Waals surface area contributed by atoms with Crippen molar-refractivity contribution in [2.24, 2.45) is 0 Å². The van der Waals surface area contributed by atoms with Gasteiger partial charge in [0.1, 0.15) is 12.1 Å². The minimum absolute atomic E-state index is 0.953. The molecule has 0 aliphatic carbocycles. The summed E-state index contributed by atoms with van der Waals surface area (Å²) in [5.41, 5.74) is 2.31. The van der Waals surface area contributed by atoms with E-state index in [0.717, 1.165) is 29.5 Å². The molecule has 0 atom stereocenters. The summed E-state index contributed by atoms with van der Waals surface area (Å²) in [6, 6.07) is 4.13. The maximum Gasteiger partial charge on any atom is 0.139 e. The monoisotopic (exact) mass is 244 g/mol. The summed E-state index contributed by atoms with van der Waals surface area (Å²) in [6.07, 6.45) is 8.43. The van der Waals surface area contributed by atoms with Crippen molar-refractivity contribution in [3.05, 3.63) is 36.4 Å². The first-order valence-electron chi connectivity index (χ1n) is 5.45. The van der Waals surface area contributed by atoms with Crippen molar-refractivity contribution in [1.82, 2.24) is 15.0 Å². The lowest BCUT2D eigenvalue weighted by molar-refractivity contribution is 0.976. The van der Waals surface area contributed by atoms with Crippen molar-refractivity contribution in [3.8, 4) is 0 Å². The predicted octanol–water partition coefficient (Wildman–Crippen LogP) is 2.29. The first-order chi connectivity index (χ1) is 8.38. The molecule has 0 aromatic carbocycles. The van der Waals surface area contributed by atoms with Crippen LogP contribution in [0.5, 0.6) is 0 Å². The van der Waals surface area contributed by atoms with Gasteiger partial charge < -0.3 is 4.90 Å². The van der Waals surface area contributed by atoms with E-state index in [1.165, 1.54) is 5.56 Å². The van der Waals surface area contributed by atoms with Crippen LogP contribution < -0.4 is 4.90 Å². The number of pyridine rings is 1. The van der Waals surface area contributed by atoms with Gasteiger partial charge in [-0.1, -0.05) is 0 Å². The number of nitrogens with zero attached hydrogens (tertiary/aromatic N) is 4. The van der Waals surface area contributed by atoms with E-state index in [2.05, 4.69) is 25.9 Å². The van der Waals surface area contributed by atoms with Crippen molar-refractivity contribution >= 4 is 23.3 Å². The zero-order chi connectivity index (χ0) is 11.7. The molecule has 0 spiro atoms. The van der Waals surface area contributed by atoms with E-state index in [1.54, 1.807) is 18.1 Å². The summed E-state index contributed by atoms with van der Waals surface area (Å²) < 4.78 is 0. The Balaban J connectivity index is 1.95. The Bertz CT molecular complexity index is 526. The molecule has 3 heterocycles. The topological polar surface area (TPSA) is 41.9 Å². The van der Waals surface area contributed by atoms with Crippen molar-refractivity contribution in [1.29, 1.82) is 0 Å². The van der Waals surface area contributed by atoms with Crippen LogP contribution in [0.2, 0.25) is 0 Å². The van der Waals surface area contributed by atoms with Gasteiger partial charge in [0.15, 0.2) is 0 Å². The smallest absolute Gasteiger partial charge is 0.139 e. The number of aromatic nitrogens is 3. The van der Waals surface area contributed by atoms with Crippen LogP contribution in [0.25, 0.3) is 0 Å². The van der Waals surface area contributed by atoms with Crippen molar-refractivity contribution in [2.75, 3.05) is 17.7 Å². The molecule has 86 valence electrons. The summed E-state index contributed by atoms with van der Waals surface area (Å²) in [4.78, 5) is 15.0. The van der Waals surface area contributed by atoms with E-state index in [9.17, 15) is 0 Å². The number of hydrogen-bond acceptors (Lipinski definition) is 5. The third-order valence-electron chi connectivity index (χ3n) is 2.87. The van der Waals surface area contributed by atoms with Gasteiger partial charge in [0.25, 0.3) is 0 Å². The van der Waals surface area contributed by atoms with E-state index in [1.807, 2.05) is 24.7 Å². The Morgan fingerprint density at radius 1 is 1.24 bits per heavy atom. The molecule has 0 saturated heterocycles. The largest absolute Gasteiger partial charge is 0.324 e. The number of fused-ring (bicyclic) bond motifs is 1. The van der Waals surface area contributed by atoms with Crippen LogP contribution in [-0.4, -0.2) is 27.8 Å². The van der Waals surface area contributed by atoms with E-state index in [0.29, 0.717) is 0 Å². The Morgan fingerprint density at radius 2 is 2.18 bits per heavy atom. The highest BCUT2D eigenvalue weighted by Crippen LogP contribution is 2.31. The summed E-state index contributed by atoms with van der Waals surface area (Å²) in [6.45, 7) is 0.953. The molecule has 2 aromatic heterocycles. The fraction of sp³-hybridized carbons (Fsp3) is 0.250. The summed E-state index contributed by atoms with van der Waals surface area (Å²) in [7, 11) is 0. The quantitative estimate of drug-likeness (QED) is 0.758. The van der Waals surface area contributed by atoms with Crippen molar-refractivity contribution < 1.29 is 0 Å². The third-order valence-corrected chi connectivity index (χ3v) is 3.53. The highest BCUT2D eigenvalue weighted by atomic mass is 32.2. The van der Waals surface area contributed by atoms with E-state index in [-0.39, 0.29) is 0 Å². The highest BCUT2D eigenvalue weighted by Gasteiger charge is 2.21. The first kappa shape index (κ1) is 10.5. The second kappa shape index (κ2) is 4.33. The predicted molar refractivity (Wildman–Crippen MR) is 68.8 cm³/mol. The minimum Gasteiger partial charge on any atom is -0.324 e. The summed E-state index contributed by atoms with van der Waals surface area (Å²) in [5.74, 6) is 1.01. The average molecular weight is 244 g/mol. The van der Waals surface area contributed by atoms with Crippen LogP contribution in [-0.2, 0) is 6.42 Å². The second-order valence-electron chi connectivity index (χ2n) is 3.83. The molecule has 4 nitrogen and oxygen atoms in total. The van der Waals surface area contributed by atoms with Gasteiger partial charge in [-0.25, -0.2) is 15.0 Å². The lowest BCUT2D eigenvalue weighted by Crippen LogP contribution is -2.14. The SMILES string of the molecule is CSc1ccc(N2CCc3cncnc32)cn1. The summed E-state index contributed by atoms with van der Waals surface area (Å²) >= 11 is 1.65. The van der Waals surface area contributed by atoms with Gasteiger partial charge in [0.05, 0.1) is 16.9 Å². The normalized spacial score (nSPS) is 13.8. The van der Waals surface area contributed by atoms with Gasteiger partial charge in [0, 0.05) is 18.3 Å². The lowest BCUT2D eigenvalue weighted by Gasteiger charge is -2.17. The Kier molecular flexibility index (Phi) is 2.68. The number of rotatable bonds is 2. The van der Waals surface area contributed by atoms with Crippen LogP contribution in [0.4, 0.5) is 11.5 Å². The second-order valence-corrected chi connectivity index (χ2v) is 4.66. The van der Waals surface area contributed by atoms with E-state index >= 15 is 0 Å². The molecule has 2 aromatic rings. The number of anilines is 2. The van der Waals surface area contributed by atoms with Gasteiger partial charge in [-0.05, 0) is 24.8 Å². The standard InChI is InChI=1S/C12H12N4S/c1-17-11-3-2-10(7-14-11)16-5-4-9-6-13-8-15-12(9)16/h2-3,6-8H,4-5H2,1H3. The van der Waals surface area contributed by atoms with Gasteiger partial charge in [-0.2, -0.15) is 0 Å². The Morgan fingerprint density at radius 3 is 2.94 bits per heavy atom. The molecule has 0 amide bonds. The summed E-state index contributed by atoms with van der Waals surface area (Å²) in [5, 5.41) is 1.04. The fourth-order valence-corrected chi connectivity index (χ4v) is 2.38. The van der Waals surface area contributed by atoms with E-state index in [4.69, 9.17) is 0 Å². The van der Waals surface area contributed by atoms with E-state index < -0.39 is 0 Å². The molecule has 17 heavy (non-hydrogen) atoms. The zero-order valence-electron chi connectivity index (χ0n) is 9.50. The zero-order valence-corrected chi connectivity index (χ0v) is 10.3. The minimum atomic E-state index is 0.953. The lowest BCUT2D eigenvalue weighted by atomic mass is 10.3. The maximum absolute atomic E-state index is 4.39. The van der Waals surface area contributed by atoms with Gasteiger partial charge in [-0.15, -0.1) is 11.8 Å². The van der Waals surface area contributed by atoms with Gasteiger partial charge >= 0.3 is 0 Å². The van der Waals surface area contributed by atoms with Crippen LogP contribution in [0.15, 0.2) is 35.9 Å². The van der Waals surface area contributed by atoms with Crippen molar-refractivity contribution in [2.45, 2.75) is 11.4 Å². The molecule has 1 aliphatic heterocycles. The van der Waals surface area contributed by atoms with Gasteiger partial charge in [-0.3, -0.25) is 0 Å². The van der Waals surface area contributed by atoms with Gasteiger partial charge in [0.2, 0.25) is 0 Å². The average Bonchev–Trinajstić information content (AvgIpc) is 2.83. The highest BCUT2D eigenvalue weighted by molar-refractivity contribution is 7.98. The Labute approximate surface area is 104 Å². The fourth-order valence-electron chi connectivity index (χ4n) is 2.01. The van der Waals surface area contributed by atoms with Crippen LogP contribution in [0.1, 0.15) is 5.56 Å². The number of thioether (sulfide) groups is 1. The molecule has 1 aliphatic rings. The molecule has 0 N–H and O–H groups in total. The van der Waals surface area contributed by atoms with Crippen LogP contribution >= 0.6 is 11.8 Å². The molecular formula is C12H12N4S. The molecule has 5 heteroatoms. The molecule has 0 unspecified atom stereocenters. The van der Waals surface area contributed by atoms with Crippen LogP contribution in [0, 0.1) is 0 Å². The number of hydrogen-bond donors (Lipinski definition) is 0. The molecule has 0 bridgehead atoms. The molecule has 0 saturated carbocycles. The Hall–Kier alpha value is -1.62. The molecule has 0 radical (unpaired) electrons. The first-order valence-corrected chi connectivity index (χ1v) is 6.67. The molecule has 3 rings (SSSR count). The molecule has 0 fully saturated rings. The van der Waals surface area contributed by atoms with Crippen molar-refractivity contribution in [3.63, 3.8) is 0 Å². The third kappa shape index (κ3) is 1.86. The van der Waals surface area contributed by atoms with Crippen LogP contribution in [0.3, 0.4) is 0 Å².